The quantitative estimate of drug-likeness (QED) is 0.527. The molecule has 2 aromatic rings. The van der Waals surface area contributed by atoms with E-state index >= 15 is 0 Å². The van der Waals surface area contributed by atoms with Gasteiger partial charge in [-0.05, 0) is 78.5 Å². The van der Waals surface area contributed by atoms with Crippen molar-refractivity contribution in [3.8, 4) is 11.5 Å². The zero-order valence-corrected chi connectivity index (χ0v) is 22.6. The molecule has 0 saturated carbocycles. The second kappa shape index (κ2) is 12.2. The van der Waals surface area contributed by atoms with Crippen molar-refractivity contribution in [1.82, 2.24) is 20.2 Å². The molecule has 3 rings (SSSR count). The zero-order chi connectivity index (χ0) is 27.2. The Morgan fingerprint density at radius 1 is 1.22 bits per heavy atom. The molecular formula is C27H38FN5O4. The van der Waals surface area contributed by atoms with Gasteiger partial charge in [-0.15, -0.1) is 0 Å². The summed E-state index contributed by atoms with van der Waals surface area (Å²) in [4.78, 5) is 37.5. The van der Waals surface area contributed by atoms with Crippen molar-refractivity contribution < 1.29 is 23.5 Å². The van der Waals surface area contributed by atoms with Crippen LogP contribution in [0.3, 0.4) is 0 Å². The van der Waals surface area contributed by atoms with Crippen molar-refractivity contribution in [1.29, 1.82) is 0 Å². The summed E-state index contributed by atoms with van der Waals surface area (Å²) in [6, 6.07) is 3.89. The fraction of sp³-hybridized carbons (Fsp3) is 0.556. The first kappa shape index (κ1) is 28.1. The van der Waals surface area contributed by atoms with Gasteiger partial charge in [0.1, 0.15) is 23.5 Å². The van der Waals surface area contributed by atoms with E-state index in [1.54, 1.807) is 11.1 Å². The lowest BCUT2D eigenvalue weighted by atomic mass is 9.97. The van der Waals surface area contributed by atoms with Gasteiger partial charge in [0.2, 0.25) is 0 Å². The maximum absolute atomic E-state index is 14.1. The lowest BCUT2D eigenvalue weighted by molar-refractivity contribution is 0.0516. The topological polar surface area (TPSA) is 96.9 Å². The van der Waals surface area contributed by atoms with E-state index in [0.29, 0.717) is 43.7 Å². The monoisotopic (exact) mass is 515 g/mol. The highest BCUT2D eigenvalue weighted by molar-refractivity contribution is 5.97. The smallest absolute Gasteiger partial charge is 0.407 e. The number of hydrogen-bond donors (Lipinski definition) is 1. The number of carbonyl (C=O) groups excluding carboxylic acids is 2. The van der Waals surface area contributed by atoms with E-state index in [1.165, 1.54) is 24.5 Å². The summed E-state index contributed by atoms with van der Waals surface area (Å²) in [7, 11) is 0. The van der Waals surface area contributed by atoms with Gasteiger partial charge in [0, 0.05) is 32.2 Å². The fourth-order valence-corrected chi connectivity index (χ4v) is 4.29. The van der Waals surface area contributed by atoms with Crippen LogP contribution in [-0.4, -0.2) is 64.7 Å². The van der Waals surface area contributed by atoms with E-state index in [-0.39, 0.29) is 23.3 Å². The van der Waals surface area contributed by atoms with Crippen LogP contribution >= 0.6 is 0 Å². The van der Waals surface area contributed by atoms with E-state index in [9.17, 15) is 14.0 Å². The van der Waals surface area contributed by atoms with Crippen molar-refractivity contribution in [2.24, 2.45) is 5.92 Å². The Morgan fingerprint density at radius 3 is 2.54 bits per heavy atom. The van der Waals surface area contributed by atoms with Crippen LogP contribution in [0.25, 0.3) is 0 Å². The fourth-order valence-electron chi connectivity index (χ4n) is 4.29. The van der Waals surface area contributed by atoms with Gasteiger partial charge in [0.15, 0.2) is 11.6 Å². The van der Waals surface area contributed by atoms with Gasteiger partial charge >= 0.3 is 6.09 Å². The Morgan fingerprint density at radius 2 is 1.92 bits per heavy atom. The molecule has 10 heteroatoms. The van der Waals surface area contributed by atoms with Crippen LogP contribution in [0, 0.1) is 11.7 Å². The zero-order valence-electron chi connectivity index (χ0n) is 22.6. The predicted molar refractivity (Wildman–Crippen MR) is 140 cm³/mol. The van der Waals surface area contributed by atoms with Crippen LogP contribution in [0.2, 0.25) is 0 Å². The molecule has 1 aliphatic rings. The minimum Gasteiger partial charge on any atom is -0.451 e. The second-order valence-corrected chi connectivity index (χ2v) is 10.5. The Bertz CT molecular complexity index is 1080. The highest BCUT2D eigenvalue weighted by Gasteiger charge is 2.26. The van der Waals surface area contributed by atoms with Gasteiger partial charge in [-0.2, -0.15) is 0 Å². The molecule has 0 spiro atoms. The van der Waals surface area contributed by atoms with Crippen molar-refractivity contribution in [3.05, 3.63) is 42.1 Å². The molecule has 1 aromatic heterocycles. The number of halogens is 1. The first-order valence-electron chi connectivity index (χ1n) is 12.8. The van der Waals surface area contributed by atoms with Gasteiger partial charge in [0.05, 0.1) is 11.8 Å². The molecule has 0 aliphatic carbocycles. The number of carbonyl (C=O) groups is 2. The number of benzene rings is 1. The maximum Gasteiger partial charge on any atom is 0.407 e. The lowest BCUT2D eigenvalue weighted by Crippen LogP contribution is -2.40. The number of anilines is 1. The summed E-state index contributed by atoms with van der Waals surface area (Å²) in [5.74, 6) is 0.740. The predicted octanol–water partition coefficient (Wildman–Crippen LogP) is 5.02. The Kier molecular flexibility index (Phi) is 9.29. The molecule has 0 bridgehead atoms. The number of amides is 2. The van der Waals surface area contributed by atoms with Crippen molar-refractivity contribution in [2.75, 3.05) is 31.1 Å². The van der Waals surface area contributed by atoms with Crippen LogP contribution in [0.4, 0.5) is 15.0 Å². The number of piperidine rings is 1. The van der Waals surface area contributed by atoms with Gasteiger partial charge < -0.3 is 24.6 Å². The third-order valence-electron chi connectivity index (χ3n) is 6.12. The largest absolute Gasteiger partial charge is 0.451 e. The lowest BCUT2D eigenvalue weighted by Gasteiger charge is -2.33. The van der Waals surface area contributed by atoms with Crippen molar-refractivity contribution in [2.45, 2.75) is 66.0 Å². The number of ether oxygens (including phenoxy) is 2. The summed E-state index contributed by atoms with van der Waals surface area (Å²) in [5.41, 5.74) is -0.382. The van der Waals surface area contributed by atoms with Crippen LogP contribution in [-0.2, 0) is 4.74 Å². The van der Waals surface area contributed by atoms with Gasteiger partial charge in [0.25, 0.3) is 5.91 Å². The minimum atomic E-state index is -0.532. The average Bonchev–Trinajstić information content (AvgIpc) is 2.83. The molecule has 0 atom stereocenters. The number of alkyl carbamates (subject to hydrolysis) is 1. The van der Waals surface area contributed by atoms with Crippen LogP contribution < -0.4 is 15.0 Å². The molecule has 202 valence electrons. The van der Waals surface area contributed by atoms with E-state index in [1.807, 2.05) is 41.5 Å². The molecule has 1 fully saturated rings. The van der Waals surface area contributed by atoms with Crippen LogP contribution in [0.5, 0.6) is 11.5 Å². The first-order valence-corrected chi connectivity index (χ1v) is 12.8. The number of nitrogens with one attached hydrogen (secondary N) is 1. The normalized spacial score (nSPS) is 14.4. The molecule has 2 amide bonds. The number of aromatic nitrogens is 2. The summed E-state index contributed by atoms with van der Waals surface area (Å²) in [5, 5.41) is 2.85. The Balaban J connectivity index is 1.70. The molecule has 37 heavy (non-hydrogen) atoms. The molecule has 2 heterocycles. The maximum atomic E-state index is 14.1. The third-order valence-corrected chi connectivity index (χ3v) is 6.12. The van der Waals surface area contributed by atoms with E-state index in [4.69, 9.17) is 9.47 Å². The van der Waals surface area contributed by atoms with Gasteiger partial charge in [-0.3, -0.25) is 4.79 Å². The molecule has 1 aromatic carbocycles. The number of rotatable bonds is 8. The second-order valence-electron chi connectivity index (χ2n) is 10.5. The summed E-state index contributed by atoms with van der Waals surface area (Å²) in [6.07, 6.45) is 4.28. The molecule has 0 unspecified atom stereocenters. The van der Waals surface area contributed by atoms with Crippen molar-refractivity contribution in [3.63, 3.8) is 0 Å². The molecule has 1 N–H and O–H groups in total. The van der Waals surface area contributed by atoms with Crippen LogP contribution in [0.1, 0.15) is 64.7 Å². The van der Waals surface area contributed by atoms with E-state index in [2.05, 4.69) is 20.2 Å². The first-order chi connectivity index (χ1) is 17.5. The summed E-state index contributed by atoms with van der Waals surface area (Å²) in [6.45, 7) is 13.7. The highest BCUT2D eigenvalue weighted by Crippen LogP contribution is 2.34. The molecule has 1 aliphatic heterocycles. The Hall–Kier alpha value is -3.43. The molecule has 1 saturated heterocycles. The van der Waals surface area contributed by atoms with Crippen LogP contribution in [0.15, 0.2) is 30.7 Å². The third kappa shape index (κ3) is 7.77. The highest BCUT2D eigenvalue weighted by atomic mass is 19.1. The molecule has 9 nitrogen and oxygen atoms in total. The summed E-state index contributed by atoms with van der Waals surface area (Å²) >= 11 is 0. The molecule has 0 radical (unpaired) electrons. The minimum absolute atomic E-state index is 0.0460. The van der Waals surface area contributed by atoms with E-state index < -0.39 is 17.5 Å². The van der Waals surface area contributed by atoms with E-state index in [0.717, 1.165) is 12.8 Å². The van der Waals surface area contributed by atoms with Crippen molar-refractivity contribution >= 4 is 17.8 Å². The average molecular weight is 516 g/mol. The van der Waals surface area contributed by atoms with Gasteiger partial charge in [-0.25, -0.2) is 19.2 Å². The van der Waals surface area contributed by atoms with Gasteiger partial charge in [-0.1, -0.05) is 0 Å². The number of nitrogens with zero attached hydrogens (tertiary/aromatic N) is 4. The molecular weight excluding hydrogens is 477 g/mol. The summed E-state index contributed by atoms with van der Waals surface area (Å²) < 4.78 is 25.6. The Labute approximate surface area is 218 Å². The SMILES string of the molecule is CCN(C(=O)c1cc(F)ccc1Oc1cncnc1N1CCC(CNC(=O)OC(C)(C)C)CC1)C(C)C. The standard InChI is InChI=1S/C27H38FN5O4/c1-7-33(18(2)3)25(34)21-14-20(28)8-9-22(21)36-23-16-29-17-31-24(23)32-12-10-19(11-13-32)15-30-26(35)37-27(4,5)6/h8-9,14,16-19H,7,10-13,15H2,1-6H3,(H,30,35). The number of hydrogen-bond acceptors (Lipinski definition) is 7.